The van der Waals surface area contributed by atoms with E-state index in [1.165, 1.54) is 6.07 Å². The minimum absolute atomic E-state index is 0.113. The number of hydrogen-bond acceptors (Lipinski definition) is 3. The molecular weight excluding hydrogens is 343 g/mol. The van der Waals surface area contributed by atoms with Crippen molar-refractivity contribution >= 4 is 17.3 Å². The van der Waals surface area contributed by atoms with Crippen LogP contribution >= 0.6 is 0 Å². The highest BCUT2D eigenvalue weighted by Gasteiger charge is 2.04. The van der Waals surface area contributed by atoms with Crippen LogP contribution in [0.4, 0.5) is 15.8 Å². The topological polar surface area (TPSA) is 50.4 Å². The molecule has 0 aliphatic rings. The lowest BCUT2D eigenvalue weighted by Crippen LogP contribution is -2.15. The van der Waals surface area contributed by atoms with Gasteiger partial charge in [-0.2, -0.15) is 0 Å². The number of rotatable bonds is 8. The molecule has 0 aliphatic carbocycles. The largest absolute Gasteiger partial charge is 0.493 e. The maximum absolute atomic E-state index is 13.6. The monoisotopic (exact) mass is 364 g/mol. The van der Waals surface area contributed by atoms with Gasteiger partial charge in [-0.3, -0.25) is 4.79 Å². The van der Waals surface area contributed by atoms with Gasteiger partial charge in [0.2, 0.25) is 5.91 Å². The summed E-state index contributed by atoms with van der Waals surface area (Å²) in [4.78, 5) is 12.0. The molecule has 0 unspecified atom stereocenters. The van der Waals surface area contributed by atoms with Gasteiger partial charge in [0.15, 0.2) is 0 Å². The summed E-state index contributed by atoms with van der Waals surface area (Å²) in [5.41, 5.74) is 2.16. The predicted molar refractivity (Wildman–Crippen MR) is 105 cm³/mol. The normalized spacial score (nSPS) is 10.3. The average molecular weight is 364 g/mol. The van der Waals surface area contributed by atoms with Gasteiger partial charge in [0.05, 0.1) is 13.0 Å². The van der Waals surface area contributed by atoms with E-state index in [1.807, 2.05) is 42.5 Å². The molecule has 5 heteroatoms. The fourth-order valence-electron chi connectivity index (χ4n) is 2.51. The van der Waals surface area contributed by atoms with E-state index in [0.717, 1.165) is 11.4 Å². The Morgan fingerprint density at radius 1 is 0.852 bits per heavy atom. The number of benzene rings is 3. The van der Waals surface area contributed by atoms with E-state index in [2.05, 4.69) is 10.6 Å². The molecule has 0 saturated heterocycles. The zero-order valence-electron chi connectivity index (χ0n) is 14.8. The Hall–Kier alpha value is -3.34. The van der Waals surface area contributed by atoms with E-state index in [1.54, 1.807) is 30.3 Å². The van der Waals surface area contributed by atoms with Crippen molar-refractivity contribution in [2.24, 2.45) is 0 Å². The molecule has 0 fully saturated rings. The summed E-state index contributed by atoms with van der Waals surface area (Å²) in [6.07, 6.45) is 0.266. The van der Waals surface area contributed by atoms with E-state index >= 15 is 0 Å². The summed E-state index contributed by atoms with van der Waals surface area (Å²) >= 11 is 0. The first-order valence-corrected chi connectivity index (χ1v) is 8.76. The third-order valence-electron chi connectivity index (χ3n) is 3.95. The lowest BCUT2D eigenvalue weighted by atomic mass is 10.2. The van der Waals surface area contributed by atoms with Crippen LogP contribution in [0.25, 0.3) is 0 Å². The maximum Gasteiger partial charge on any atom is 0.227 e. The van der Waals surface area contributed by atoms with Crippen molar-refractivity contribution in [2.75, 3.05) is 17.2 Å². The molecular formula is C22H21FN2O2. The molecule has 4 nitrogen and oxygen atoms in total. The van der Waals surface area contributed by atoms with Crippen LogP contribution < -0.4 is 15.4 Å². The standard InChI is InChI=1S/C22H21FN2O2/c23-21-9-5-4-6-17(21)16-24-18-10-12-19(13-11-18)25-22(26)14-15-27-20-7-2-1-3-8-20/h1-13,24H,14-16H2,(H,25,26). The summed E-state index contributed by atoms with van der Waals surface area (Å²) in [7, 11) is 0. The van der Waals surface area contributed by atoms with E-state index in [9.17, 15) is 9.18 Å². The van der Waals surface area contributed by atoms with Crippen molar-refractivity contribution in [1.82, 2.24) is 0 Å². The van der Waals surface area contributed by atoms with Gasteiger partial charge in [0.1, 0.15) is 11.6 Å². The van der Waals surface area contributed by atoms with E-state index in [4.69, 9.17) is 4.74 Å². The number of para-hydroxylation sites is 1. The first-order valence-electron chi connectivity index (χ1n) is 8.76. The summed E-state index contributed by atoms with van der Waals surface area (Å²) in [5.74, 6) is 0.403. The second kappa shape index (κ2) is 9.38. The Bertz CT molecular complexity index is 867. The van der Waals surface area contributed by atoms with E-state index in [0.29, 0.717) is 24.4 Å². The average Bonchev–Trinajstić information content (AvgIpc) is 2.69. The molecule has 0 spiro atoms. The highest BCUT2D eigenvalue weighted by atomic mass is 19.1. The molecule has 0 radical (unpaired) electrons. The molecule has 1 amide bonds. The van der Waals surface area contributed by atoms with Gasteiger partial charge in [0, 0.05) is 23.5 Å². The van der Waals surface area contributed by atoms with Crippen LogP contribution in [-0.4, -0.2) is 12.5 Å². The van der Waals surface area contributed by atoms with Gasteiger partial charge in [-0.1, -0.05) is 36.4 Å². The number of amides is 1. The van der Waals surface area contributed by atoms with Crippen molar-refractivity contribution in [3.63, 3.8) is 0 Å². The summed E-state index contributed by atoms with van der Waals surface area (Å²) < 4.78 is 19.1. The highest BCUT2D eigenvalue weighted by molar-refractivity contribution is 5.90. The van der Waals surface area contributed by atoms with E-state index < -0.39 is 0 Å². The molecule has 0 bridgehead atoms. The molecule has 27 heavy (non-hydrogen) atoms. The minimum Gasteiger partial charge on any atom is -0.493 e. The van der Waals surface area contributed by atoms with Crippen LogP contribution in [0.5, 0.6) is 5.75 Å². The van der Waals surface area contributed by atoms with Crippen LogP contribution in [0.3, 0.4) is 0 Å². The molecule has 0 atom stereocenters. The third-order valence-corrected chi connectivity index (χ3v) is 3.95. The molecule has 0 saturated carbocycles. The molecule has 3 aromatic rings. The van der Waals surface area contributed by atoms with Gasteiger partial charge in [0.25, 0.3) is 0 Å². The number of carbonyl (C=O) groups excluding carboxylic acids is 1. The second-order valence-corrected chi connectivity index (χ2v) is 5.98. The van der Waals surface area contributed by atoms with Crippen molar-refractivity contribution in [3.8, 4) is 5.75 Å². The summed E-state index contributed by atoms with van der Waals surface area (Å²) in [6, 6.07) is 23.3. The molecule has 3 aromatic carbocycles. The Balaban J connectivity index is 1.43. The fraction of sp³-hybridized carbons (Fsp3) is 0.136. The Kier molecular flexibility index (Phi) is 6.41. The number of nitrogens with one attached hydrogen (secondary N) is 2. The third kappa shape index (κ3) is 5.85. The van der Waals surface area contributed by atoms with Gasteiger partial charge >= 0.3 is 0 Å². The van der Waals surface area contributed by atoms with Crippen LogP contribution in [-0.2, 0) is 11.3 Å². The summed E-state index contributed by atoms with van der Waals surface area (Å²) in [5, 5.41) is 5.99. The molecule has 0 heterocycles. The van der Waals surface area contributed by atoms with Crippen LogP contribution in [0.1, 0.15) is 12.0 Å². The van der Waals surface area contributed by atoms with Crippen LogP contribution in [0, 0.1) is 5.82 Å². The first-order chi connectivity index (χ1) is 13.2. The van der Waals surface area contributed by atoms with Gasteiger partial charge in [-0.05, 0) is 42.5 Å². The number of halogens is 1. The maximum atomic E-state index is 13.6. The van der Waals surface area contributed by atoms with Crippen molar-refractivity contribution < 1.29 is 13.9 Å². The second-order valence-electron chi connectivity index (χ2n) is 5.98. The lowest BCUT2D eigenvalue weighted by molar-refractivity contribution is -0.116. The number of carbonyl (C=O) groups is 1. The predicted octanol–water partition coefficient (Wildman–Crippen LogP) is 4.85. The fourth-order valence-corrected chi connectivity index (χ4v) is 2.51. The minimum atomic E-state index is -0.230. The quantitative estimate of drug-likeness (QED) is 0.601. The lowest BCUT2D eigenvalue weighted by Gasteiger charge is -2.10. The van der Waals surface area contributed by atoms with E-state index in [-0.39, 0.29) is 18.1 Å². The van der Waals surface area contributed by atoms with Crippen LogP contribution in [0.2, 0.25) is 0 Å². The molecule has 2 N–H and O–H groups in total. The van der Waals surface area contributed by atoms with Crippen molar-refractivity contribution in [3.05, 3.63) is 90.2 Å². The molecule has 3 rings (SSSR count). The smallest absolute Gasteiger partial charge is 0.227 e. The Morgan fingerprint density at radius 2 is 1.52 bits per heavy atom. The van der Waals surface area contributed by atoms with Crippen LogP contribution in [0.15, 0.2) is 78.9 Å². The van der Waals surface area contributed by atoms with Gasteiger partial charge in [-0.25, -0.2) is 4.39 Å². The van der Waals surface area contributed by atoms with Gasteiger partial charge < -0.3 is 15.4 Å². The number of anilines is 2. The van der Waals surface area contributed by atoms with Crippen molar-refractivity contribution in [1.29, 1.82) is 0 Å². The van der Waals surface area contributed by atoms with Crippen molar-refractivity contribution in [2.45, 2.75) is 13.0 Å². The first kappa shape index (κ1) is 18.5. The Labute approximate surface area is 158 Å². The zero-order valence-corrected chi connectivity index (χ0v) is 14.8. The highest BCUT2D eigenvalue weighted by Crippen LogP contribution is 2.16. The molecule has 138 valence electrons. The summed E-state index contributed by atoms with van der Waals surface area (Å²) in [6.45, 7) is 0.716. The Morgan fingerprint density at radius 3 is 2.26 bits per heavy atom. The SMILES string of the molecule is O=C(CCOc1ccccc1)Nc1ccc(NCc2ccccc2F)cc1. The van der Waals surface area contributed by atoms with Gasteiger partial charge in [-0.15, -0.1) is 0 Å². The number of hydrogen-bond donors (Lipinski definition) is 2. The molecule has 0 aliphatic heterocycles. The zero-order chi connectivity index (χ0) is 18.9. The molecule has 0 aromatic heterocycles. The number of ether oxygens (including phenoxy) is 1.